The van der Waals surface area contributed by atoms with Gasteiger partial charge < -0.3 is 10.1 Å². The predicted molar refractivity (Wildman–Crippen MR) is 94.2 cm³/mol. The fourth-order valence-electron chi connectivity index (χ4n) is 3.18. The van der Waals surface area contributed by atoms with Crippen LogP contribution < -0.4 is 10.1 Å². The van der Waals surface area contributed by atoms with E-state index in [1.54, 1.807) is 12.1 Å². The van der Waals surface area contributed by atoms with E-state index in [1.807, 2.05) is 0 Å². The quantitative estimate of drug-likeness (QED) is 0.768. The fraction of sp³-hybridized carbons (Fsp3) is 0.400. The number of carbonyl (C=O) groups is 1. The first-order valence-corrected chi connectivity index (χ1v) is 9.03. The SMILES string of the molecule is O=C(Cc1ccc(F)cc1)NC1CCC(Oc2ccc(C(F)(F)F)cn2)CC1. The lowest BCUT2D eigenvalue weighted by Gasteiger charge is -2.29. The van der Waals surface area contributed by atoms with Gasteiger partial charge in [-0.3, -0.25) is 4.79 Å². The second-order valence-corrected chi connectivity index (χ2v) is 6.85. The molecule has 1 aliphatic carbocycles. The Bertz CT molecular complexity index is 783. The monoisotopic (exact) mass is 396 g/mol. The number of benzene rings is 1. The first kappa shape index (κ1) is 20.1. The van der Waals surface area contributed by atoms with Gasteiger partial charge in [-0.05, 0) is 49.4 Å². The normalized spacial score (nSPS) is 19.9. The van der Waals surface area contributed by atoms with E-state index < -0.39 is 11.7 Å². The van der Waals surface area contributed by atoms with Gasteiger partial charge in [-0.1, -0.05) is 12.1 Å². The van der Waals surface area contributed by atoms with E-state index in [1.165, 1.54) is 18.2 Å². The third-order valence-electron chi connectivity index (χ3n) is 4.67. The van der Waals surface area contributed by atoms with Crippen LogP contribution in [0.15, 0.2) is 42.6 Å². The van der Waals surface area contributed by atoms with Crippen LogP contribution in [0.3, 0.4) is 0 Å². The molecule has 0 unspecified atom stereocenters. The summed E-state index contributed by atoms with van der Waals surface area (Å²) in [6.07, 6.45) is -0.858. The Balaban J connectivity index is 1.43. The summed E-state index contributed by atoms with van der Waals surface area (Å²) in [5.74, 6) is -0.304. The number of aromatic nitrogens is 1. The van der Waals surface area contributed by atoms with Crippen LogP contribution in [0, 0.1) is 5.82 Å². The van der Waals surface area contributed by atoms with E-state index in [2.05, 4.69) is 10.3 Å². The molecule has 150 valence electrons. The molecule has 0 atom stereocenters. The molecule has 2 aromatic rings. The van der Waals surface area contributed by atoms with Crippen molar-refractivity contribution in [2.24, 2.45) is 0 Å². The zero-order chi connectivity index (χ0) is 20.1. The maximum atomic E-state index is 12.9. The van der Waals surface area contributed by atoms with Gasteiger partial charge in [0.15, 0.2) is 0 Å². The van der Waals surface area contributed by atoms with Crippen LogP contribution in [0.5, 0.6) is 5.88 Å². The minimum atomic E-state index is -4.42. The molecule has 0 saturated heterocycles. The highest BCUT2D eigenvalue weighted by Gasteiger charge is 2.31. The van der Waals surface area contributed by atoms with Crippen LogP contribution in [-0.2, 0) is 17.4 Å². The fourth-order valence-corrected chi connectivity index (χ4v) is 3.18. The molecular formula is C20H20F4N2O2. The molecular weight excluding hydrogens is 376 g/mol. The molecule has 0 radical (unpaired) electrons. The number of ether oxygens (including phenoxy) is 1. The highest BCUT2D eigenvalue weighted by atomic mass is 19.4. The topological polar surface area (TPSA) is 51.2 Å². The molecule has 3 rings (SSSR count). The zero-order valence-corrected chi connectivity index (χ0v) is 15.0. The smallest absolute Gasteiger partial charge is 0.417 e. The number of carbonyl (C=O) groups excluding carboxylic acids is 1. The first-order valence-electron chi connectivity index (χ1n) is 9.03. The average Bonchev–Trinajstić information content (AvgIpc) is 2.65. The number of amides is 1. The molecule has 1 heterocycles. The summed E-state index contributed by atoms with van der Waals surface area (Å²) in [7, 11) is 0. The highest BCUT2D eigenvalue weighted by Crippen LogP contribution is 2.30. The average molecular weight is 396 g/mol. The van der Waals surface area contributed by atoms with Crippen molar-refractivity contribution in [3.63, 3.8) is 0 Å². The summed E-state index contributed by atoms with van der Waals surface area (Å²) in [4.78, 5) is 15.8. The Hall–Kier alpha value is -2.64. The van der Waals surface area contributed by atoms with Crippen LogP contribution in [0.4, 0.5) is 17.6 Å². The first-order chi connectivity index (χ1) is 13.3. The van der Waals surface area contributed by atoms with E-state index in [0.29, 0.717) is 25.7 Å². The largest absolute Gasteiger partial charge is 0.474 e. The molecule has 1 amide bonds. The number of nitrogens with zero attached hydrogens (tertiary/aromatic N) is 1. The van der Waals surface area contributed by atoms with Crippen molar-refractivity contribution in [1.82, 2.24) is 10.3 Å². The highest BCUT2D eigenvalue weighted by molar-refractivity contribution is 5.78. The van der Waals surface area contributed by atoms with Gasteiger partial charge in [0.2, 0.25) is 11.8 Å². The molecule has 28 heavy (non-hydrogen) atoms. The number of nitrogens with one attached hydrogen (secondary N) is 1. The van der Waals surface area contributed by atoms with Gasteiger partial charge in [-0.2, -0.15) is 13.2 Å². The summed E-state index contributed by atoms with van der Waals surface area (Å²) in [6, 6.07) is 7.99. The van der Waals surface area contributed by atoms with Crippen LogP contribution in [0.1, 0.15) is 36.8 Å². The van der Waals surface area contributed by atoms with E-state index in [0.717, 1.165) is 17.8 Å². The van der Waals surface area contributed by atoms with Crippen molar-refractivity contribution in [3.8, 4) is 5.88 Å². The second-order valence-electron chi connectivity index (χ2n) is 6.85. The van der Waals surface area contributed by atoms with Gasteiger partial charge in [0.1, 0.15) is 11.9 Å². The number of pyridine rings is 1. The van der Waals surface area contributed by atoms with Crippen LogP contribution in [0.2, 0.25) is 0 Å². The lowest BCUT2D eigenvalue weighted by Crippen LogP contribution is -2.40. The maximum Gasteiger partial charge on any atom is 0.417 e. The molecule has 1 N–H and O–H groups in total. The molecule has 4 nitrogen and oxygen atoms in total. The van der Waals surface area contributed by atoms with Crippen molar-refractivity contribution < 1.29 is 27.1 Å². The van der Waals surface area contributed by atoms with E-state index in [4.69, 9.17) is 4.74 Å². The molecule has 1 saturated carbocycles. The third kappa shape index (κ3) is 5.68. The molecule has 1 aromatic heterocycles. The van der Waals surface area contributed by atoms with Gasteiger partial charge in [0, 0.05) is 18.3 Å². The van der Waals surface area contributed by atoms with Gasteiger partial charge in [0.05, 0.1) is 12.0 Å². The molecule has 8 heteroatoms. The number of halogens is 4. The molecule has 0 aliphatic heterocycles. The summed E-state index contributed by atoms with van der Waals surface area (Å²) >= 11 is 0. The Morgan fingerprint density at radius 1 is 1.07 bits per heavy atom. The number of rotatable bonds is 5. The van der Waals surface area contributed by atoms with Crippen molar-refractivity contribution in [2.45, 2.75) is 50.4 Å². The summed E-state index contributed by atoms with van der Waals surface area (Å²) in [5, 5.41) is 2.96. The summed E-state index contributed by atoms with van der Waals surface area (Å²) < 4.78 is 56.2. The van der Waals surface area contributed by atoms with Crippen molar-refractivity contribution >= 4 is 5.91 Å². The minimum Gasteiger partial charge on any atom is -0.474 e. The standard InChI is InChI=1S/C20H20F4N2O2/c21-15-4-1-13(2-5-15)11-18(27)26-16-6-8-17(9-7-16)28-19-10-3-14(12-25-19)20(22,23)24/h1-5,10,12,16-17H,6-9,11H2,(H,26,27). The van der Waals surface area contributed by atoms with Crippen LogP contribution >= 0.6 is 0 Å². The number of hydrogen-bond acceptors (Lipinski definition) is 3. The Labute approximate surface area is 159 Å². The maximum absolute atomic E-state index is 12.9. The summed E-state index contributed by atoms with van der Waals surface area (Å²) in [6.45, 7) is 0. The Kier molecular flexibility index (Phi) is 6.16. The van der Waals surface area contributed by atoms with Gasteiger partial charge in [-0.15, -0.1) is 0 Å². The Morgan fingerprint density at radius 2 is 1.75 bits per heavy atom. The third-order valence-corrected chi connectivity index (χ3v) is 4.67. The number of alkyl halides is 3. The van der Waals surface area contributed by atoms with Crippen LogP contribution in [0.25, 0.3) is 0 Å². The van der Waals surface area contributed by atoms with Crippen molar-refractivity contribution in [1.29, 1.82) is 0 Å². The van der Waals surface area contributed by atoms with Gasteiger partial charge >= 0.3 is 6.18 Å². The molecule has 1 fully saturated rings. The van der Waals surface area contributed by atoms with E-state index in [9.17, 15) is 22.4 Å². The van der Waals surface area contributed by atoms with Crippen LogP contribution in [-0.4, -0.2) is 23.0 Å². The second kappa shape index (κ2) is 8.58. The summed E-state index contributed by atoms with van der Waals surface area (Å²) in [5.41, 5.74) is -0.0725. The van der Waals surface area contributed by atoms with E-state index >= 15 is 0 Å². The number of hydrogen-bond donors (Lipinski definition) is 1. The predicted octanol–water partition coefficient (Wildman–Crippen LogP) is 4.29. The van der Waals surface area contributed by atoms with Gasteiger partial charge in [0.25, 0.3) is 0 Å². The minimum absolute atomic E-state index is 0.0216. The Morgan fingerprint density at radius 3 is 2.32 bits per heavy atom. The molecule has 0 spiro atoms. The van der Waals surface area contributed by atoms with Crippen molar-refractivity contribution in [2.75, 3.05) is 0 Å². The molecule has 0 bridgehead atoms. The molecule has 1 aliphatic rings. The zero-order valence-electron chi connectivity index (χ0n) is 15.0. The molecule has 1 aromatic carbocycles. The van der Waals surface area contributed by atoms with E-state index in [-0.39, 0.29) is 36.2 Å². The lowest BCUT2D eigenvalue weighted by molar-refractivity contribution is -0.137. The van der Waals surface area contributed by atoms with Crippen molar-refractivity contribution in [3.05, 3.63) is 59.5 Å². The van der Waals surface area contributed by atoms with Gasteiger partial charge in [-0.25, -0.2) is 9.37 Å². The lowest BCUT2D eigenvalue weighted by atomic mass is 9.92.